The number of hydrogen-bond acceptors (Lipinski definition) is 6. The Bertz CT molecular complexity index is 867. The van der Waals surface area contributed by atoms with Crippen LogP contribution in [0.4, 0.5) is 5.69 Å². The standard InChI is InChI=1S/C16H14ClN3O5/c1-9-3-4-11(7-12(9)17)16(22)19-18-8-10-5-13(20(23)24)15(21)14(6-10)25-2/h3-8,21H,1-2H3,(H,19,22)/b18-8-. The van der Waals surface area contributed by atoms with Gasteiger partial charge in [-0.2, -0.15) is 5.10 Å². The van der Waals surface area contributed by atoms with Crippen LogP contribution in [0.3, 0.4) is 0 Å². The fourth-order valence-electron chi connectivity index (χ4n) is 1.95. The molecule has 0 radical (unpaired) electrons. The van der Waals surface area contributed by atoms with Gasteiger partial charge in [0, 0.05) is 22.2 Å². The van der Waals surface area contributed by atoms with E-state index < -0.39 is 22.3 Å². The van der Waals surface area contributed by atoms with Crippen LogP contribution in [0, 0.1) is 17.0 Å². The minimum Gasteiger partial charge on any atom is -0.500 e. The number of nitrogens with zero attached hydrogens (tertiary/aromatic N) is 2. The summed E-state index contributed by atoms with van der Waals surface area (Å²) in [6.07, 6.45) is 1.20. The van der Waals surface area contributed by atoms with E-state index in [2.05, 4.69) is 10.5 Å². The van der Waals surface area contributed by atoms with Crippen molar-refractivity contribution < 1.29 is 19.6 Å². The van der Waals surface area contributed by atoms with Crippen LogP contribution in [0.5, 0.6) is 11.5 Å². The number of aromatic hydroxyl groups is 1. The van der Waals surface area contributed by atoms with E-state index in [1.807, 2.05) is 6.92 Å². The van der Waals surface area contributed by atoms with Gasteiger partial charge in [0.2, 0.25) is 5.75 Å². The Hall–Kier alpha value is -3.13. The SMILES string of the molecule is COc1cc(/C=N\NC(=O)c2ccc(C)c(Cl)c2)cc([N+](=O)[O-])c1O. The summed E-state index contributed by atoms with van der Waals surface area (Å²) in [6, 6.07) is 7.27. The van der Waals surface area contributed by atoms with Gasteiger partial charge in [0.15, 0.2) is 5.75 Å². The maximum atomic E-state index is 12.0. The van der Waals surface area contributed by atoms with E-state index in [1.165, 1.54) is 25.5 Å². The molecule has 0 bridgehead atoms. The molecule has 2 N–H and O–H groups in total. The molecule has 2 rings (SSSR count). The van der Waals surface area contributed by atoms with E-state index in [4.69, 9.17) is 16.3 Å². The molecule has 1 amide bonds. The molecule has 0 aromatic heterocycles. The molecule has 0 unspecified atom stereocenters. The van der Waals surface area contributed by atoms with Gasteiger partial charge < -0.3 is 9.84 Å². The minimum absolute atomic E-state index is 0.0766. The molecular weight excluding hydrogens is 350 g/mol. The van der Waals surface area contributed by atoms with Gasteiger partial charge in [-0.05, 0) is 30.7 Å². The number of phenols is 1. The number of hydrogen-bond donors (Lipinski definition) is 2. The predicted octanol–water partition coefficient (Wildman–Crippen LogP) is 3.03. The summed E-state index contributed by atoms with van der Waals surface area (Å²) >= 11 is 5.96. The van der Waals surface area contributed by atoms with E-state index in [1.54, 1.807) is 12.1 Å². The quantitative estimate of drug-likeness (QED) is 0.481. The van der Waals surface area contributed by atoms with Crippen molar-refractivity contribution >= 4 is 29.4 Å². The minimum atomic E-state index is -0.748. The van der Waals surface area contributed by atoms with Crippen molar-refractivity contribution in [3.8, 4) is 11.5 Å². The number of nitrogens with one attached hydrogen (secondary N) is 1. The number of phenolic OH excluding ortho intramolecular Hbond substituents is 1. The molecular formula is C16H14ClN3O5. The molecule has 0 aliphatic heterocycles. The lowest BCUT2D eigenvalue weighted by atomic mass is 10.1. The third kappa shape index (κ3) is 4.24. The van der Waals surface area contributed by atoms with Crippen molar-refractivity contribution in [2.45, 2.75) is 6.92 Å². The van der Waals surface area contributed by atoms with Crippen molar-refractivity contribution in [1.82, 2.24) is 5.43 Å². The first-order chi connectivity index (χ1) is 11.8. The number of rotatable bonds is 5. The molecule has 0 aliphatic rings. The highest BCUT2D eigenvalue weighted by Gasteiger charge is 2.19. The second kappa shape index (κ2) is 7.63. The van der Waals surface area contributed by atoms with Crippen LogP contribution in [0.15, 0.2) is 35.4 Å². The first-order valence-corrected chi connectivity index (χ1v) is 7.36. The molecule has 0 spiro atoms. The zero-order chi connectivity index (χ0) is 18.6. The average molecular weight is 364 g/mol. The summed E-state index contributed by atoms with van der Waals surface area (Å²) in [6.45, 7) is 1.81. The molecule has 2 aromatic rings. The number of nitro groups is 1. The lowest BCUT2D eigenvalue weighted by Crippen LogP contribution is -2.17. The van der Waals surface area contributed by atoms with Crippen LogP contribution < -0.4 is 10.2 Å². The highest BCUT2D eigenvalue weighted by atomic mass is 35.5. The van der Waals surface area contributed by atoms with Crippen molar-refractivity contribution in [1.29, 1.82) is 0 Å². The van der Waals surface area contributed by atoms with Gasteiger partial charge in [-0.3, -0.25) is 14.9 Å². The van der Waals surface area contributed by atoms with E-state index in [9.17, 15) is 20.0 Å². The van der Waals surface area contributed by atoms with Gasteiger partial charge in [0.25, 0.3) is 5.91 Å². The summed E-state index contributed by atoms with van der Waals surface area (Å²) in [5.74, 6) is -1.14. The third-order valence-corrected chi connectivity index (χ3v) is 3.71. The largest absolute Gasteiger partial charge is 0.500 e. The topological polar surface area (TPSA) is 114 Å². The third-order valence-electron chi connectivity index (χ3n) is 3.31. The molecule has 9 heteroatoms. The molecule has 8 nitrogen and oxygen atoms in total. The number of carbonyl (C=O) groups excluding carboxylic acids is 1. The van der Waals surface area contributed by atoms with E-state index in [0.29, 0.717) is 10.6 Å². The van der Waals surface area contributed by atoms with Crippen LogP contribution >= 0.6 is 11.6 Å². The molecule has 0 atom stereocenters. The van der Waals surface area contributed by atoms with Gasteiger partial charge in [-0.15, -0.1) is 0 Å². The second-order valence-corrected chi connectivity index (χ2v) is 5.42. The zero-order valence-corrected chi connectivity index (χ0v) is 14.1. The number of halogens is 1. The first-order valence-electron chi connectivity index (χ1n) is 6.98. The Labute approximate surface area is 147 Å². The van der Waals surface area contributed by atoms with Gasteiger partial charge in [-0.25, -0.2) is 5.43 Å². The van der Waals surface area contributed by atoms with Crippen LogP contribution in [-0.2, 0) is 0 Å². The molecule has 0 fully saturated rings. The van der Waals surface area contributed by atoms with Crippen LogP contribution in [-0.4, -0.2) is 29.3 Å². The second-order valence-electron chi connectivity index (χ2n) is 5.01. The Kier molecular flexibility index (Phi) is 5.56. The molecule has 0 aliphatic carbocycles. The molecule has 0 saturated carbocycles. The highest BCUT2D eigenvalue weighted by Crippen LogP contribution is 2.36. The van der Waals surface area contributed by atoms with Crippen LogP contribution in [0.2, 0.25) is 5.02 Å². The number of carbonyl (C=O) groups is 1. The number of aryl methyl sites for hydroxylation is 1. The molecule has 0 heterocycles. The molecule has 0 saturated heterocycles. The Morgan fingerprint density at radius 1 is 1.40 bits per heavy atom. The smallest absolute Gasteiger partial charge is 0.315 e. The van der Waals surface area contributed by atoms with Crippen molar-refractivity contribution in [2.24, 2.45) is 5.10 Å². The first kappa shape index (κ1) is 18.2. The number of ether oxygens (including phenoxy) is 1. The summed E-state index contributed by atoms with van der Waals surface area (Å²) < 4.78 is 4.88. The maximum absolute atomic E-state index is 12.0. The van der Waals surface area contributed by atoms with Gasteiger partial charge in [0.1, 0.15) is 0 Å². The highest BCUT2D eigenvalue weighted by molar-refractivity contribution is 6.31. The summed E-state index contributed by atoms with van der Waals surface area (Å²) in [7, 11) is 1.27. The molecule has 130 valence electrons. The average Bonchev–Trinajstić information content (AvgIpc) is 2.58. The van der Waals surface area contributed by atoms with Crippen molar-refractivity contribution in [3.05, 3.63) is 62.2 Å². The molecule has 2 aromatic carbocycles. The summed E-state index contributed by atoms with van der Waals surface area (Å²) in [5.41, 5.74) is 3.19. The number of amides is 1. The van der Waals surface area contributed by atoms with Crippen molar-refractivity contribution in [3.63, 3.8) is 0 Å². The number of nitro benzene ring substituents is 1. The fraction of sp³-hybridized carbons (Fsp3) is 0.125. The normalized spacial score (nSPS) is 10.7. The number of hydrazone groups is 1. The van der Waals surface area contributed by atoms with Crippen LogP contribution in [0.25, 0.3) is 0 Å². The number of methoxy groups -OCH3 is 1. The lowest BCUT2D eigenvalue weighted by Gasteiger charge is -2.05. The Morgan fingerprint density at radius 3 is 2.72 bits per heavy atom. The Balaban J connectivity index is 2.18. The monoisotopic (exact) mass is 363 g/mol. The zero-order valence-electron chi connectivity index (χ0n) is 13.3. The van der Waals surface area contributed by atoms with Gasteiger partial charge >= 0.3 is 5.69 Å². The van der Waals surface area contributed by atoms with E-state index >= 15 is 0 Å². The summed E-state index contributed by atoms with van der Waals surface area (Å²) in [4.78, 5) is 22.2. The lowest BCUT2D eigenvalue weighted by molar-refractivity contribution is -0.386. The maximum Gasteiger partial charge on any atom is 0.315 e. The number of benzene rings is 2. The van der Waals surface area contributed by atoms with Crippen molar-refractivity contribution in [2.75, 3.05) is 7.11 Å². The Morgan fingerprint density at radius 2 is 2.12 bits per heavy atom. The van der Waals surface area contributed by atoms with Gasteiger partial charge in [-0.1, -0.05) is 17.7 Å². The fourth-order valence-corrected chi connectivity index (χ4v) is 2.13. The predicted molar refractivity (Wildman–Crippen MR) is 92.6 cm³/mol. The van der Waals surface area contributed by atoms with Gasteiger partial charge in [0.05, 0.1) is 18.2 Å². The summed E-state index contributed by atoms with van der Waals surface area (Å²) in [5, 5.41) is 24.8. The van der Waals surface area contributed by atoms with Crippen LogP contribution in [0.1, 0.15) is 21.5 Å². The van der Waals surface area contributed by atoms with E-state index in [-0.39, 0.29) is 11.3 Å². The molecule has 25 heavy (non-hydrogen) atoms. The van der Waals surface area contributed by atoms with E-state index in [0.717, 1.165) is 11.6 Å².